The van der Waals surface area contributed by atoms with Gasteiger partial charge in [-0.05, 0) is 34.8 Å². The second-order valence-electron chi connectivity index (χ2n) is 5.24. The third-order valence-electron chi connectivity index (χ3n) is 3.91. The van der Waals surface area contributed by atoms with E-state index in [4.69, 9.17) is 4.74 Å². The maximum atomic E-state index is 5.17. The van der Waals surface area contributed by atoms with Gasteiger partial charge in [0.1, 0.15) is 0 Å². The second-order valence-corrected chi connectivity index (χ2v) is 6.09. The predicted octanol–water partition coefficient (Wildman–Crippen LogP) is 3.13. The Morgan fingerprint density at radius 2 is 2.37 bits per heavy atom. The lowest BCUT2D eigenvalue weighted by Crippen LogP contribution is -2.28. The van der Waals surface area contributed by atoms with Crippen LogP contribution in [0, 0.1) is 5.92 Å². The Hall–Kier alpha value is -0.390. The molecular weight excluding hydrogens is 306 g/mol. The maximum absolute atomic E-state index is 5.17. The van der Waals surface area contributed by atoms with Crippen molar-refractivity contribution >= 4 is 15.9 Å². The highest BCUT2D eigenvalue weighted by atomic mass is 79.9. The number of methoxy groups -OCH3 is 1. The molecule has 0 amide bonds. The Labute approximate surface area is 124 Å². The van der Waals surface area contributed by atoms with Crippen molar-refractivity contribution < 1.29 is 4.74 Å². The van der Waals surface area contributed by atoms with E-state index in [-0.39, 0.29) is 0 Å². The van der Waals surface area contributed by atoms with Gasteiger partial charge in [-0.15, -0.1) is 0 Å². The standard InChI is InChI=1S/C14H24BrN3O/c1-3-16-13(9-11-5-4-6-11)14-12(15)10-17-18(14)7-8-19-2/h10-11,13,16H,3-9H2,1-2H3. The van der Waals surface area contributed by atoms with Crippen LogP contribution in [0.5, 0.6) is 0 Å². The maximum Gasteiger partial charge on any atom is 0.0696 e. The number of rotatable bonds is 8. The number of hydrogen-bond donors (Lipinski definition) is 1. The van der Waals surface area contributed by atoms with E-state index in [1.807, 2.05) is 6.20 Å². The molecule has 1 aliphatic rings. The zero-order valence-corrected chi connectivity index (χ0v) is 13.4. The molecule has 1 saturated carbocycles. The largest absolute Gasteiger partial charge is 0.383 e. The molecule has 1 unspecified atom stereocenters. The van der Waals surface area contributed by atoms with Crippen LogP contribution in [-0.2, 0) is 11.3 Å². The molecule has 0 aliphatic heterocycles. The average Bonchev–Trinajstić information content (AvgIpc) is 2.71. The second kappa shape index (κ2) is 7.41. The molecule has 5 heteroatoms. The summed E-state index contributed by atoms with van der Waals surface area (Å²) in [6, 6.07) is 0.393. The van der Waals surface area contributed by atoms with Gasteiger partial charge in [0.25, 0.3) is 0 Å². The zero-order chi connectivity index (χ0) is 13.7. The SMILES string of the molecule is CCNC(CC1CCC1)c1c(Br)cnn1CCOC. The van der Waals surface area contributed by atoms with Crippen LogP contribution in [0.15, 0.2) is 10.7 Å². The molecule has 0 aromatic carbocycles. The number of halogens is 1. The van der Waals surface area contributed by atoms with Gasteiger partial charge < -0.3 is 10.1 Å². The Balaban J connectivity index is 2.11. The van der Waals surface area contributed by atoms with Gasteiger partial charge in [0, 0.05) is 7.11 Å². The summed E-state index contributed by atoms with van der Waals surface area (Å²) in [4.78, 5) is 0. The summed E-state index contributed by atoms with van der Waals surface area (Å²) in [6.45, 7) is 4.66. The van der Waals surface area contributed by atoms with Gasteiger partial charge in [-0.25, -0.2) is 0 Å². The van der Waals surface area contributed by atoms with E-state index < -0.39 is 0 Å². The molecule has 0 bridgehead atoms. The van der Waals surface area contributed by atoms with Crippen LogP contribution in [0.4, 0.5) is 0 Å². The van der Waals surface area contributed by atoms with Crippen molar-refractivity contribution in [1.29, 1.82) is 0 Å². The number of aromatic nitrogens is 2. The minimum atomic E-state index is 0.393. The van der Waals surface area contributed by atoms with Crippen LogP contribution in [0.25, 0.3) is 0 Å². The highest BCUT2D eigenvalue weighted by Crippen LogP contribution is 2.36. The number of hydrogen-bond acceptors (Lipinski definition) is 3. The Bertz CT molecular complexity index is 390. The molecule has 1 aliphatic carbocycles. The lowest BCUT2D eigenvalue weighted by Gasteiger charge is -2.30. The summed E-state index contributed by atoms with van der Waals surface area (Å²) in [5.74, 6) is 0.877. The van der Waals surface area contributed by atoms with Crippen LogP contribution in [0.2, 0.25) is 0 Å². The van der Waals surface area contributed by atoms with E-state index in [1.54, 1.807) is 7.11 Å². The summed E-state index contributed by atoms with van der Waals surface area (Å²) in [7, 11) is 1.73. The Morgan fingerprint density at radius 1 is 1.58 bits per heavy atom. The van der Waals surface area contributed by atoms with Crippen LogP contribution < -0.4 is 5.32 Å². The summed E-state index contributed by atoms with van der Waals surface area (Å²) in [5.41, 5.74) is 1.27. The van der Waals surface area contributed by atoms with Gasteiger partial charge in [0.2, 0.25) is 0 Å². The molecule has 1 aromatic heterocycles. The fourth-order valence-electron chi connectivity index (χ4n) is 2.67. The number of nitrogens with zero attached hydrogens (tertiary/aromatic N) is 2. The first-order chi connectivity index (χ1) is 9.26. The fourth-order valence-corrected chi connectivity index (χ4v) is 3.25. The topological polar surface area (TPSA) is 39.1 Å². The van der Waals surface area contributed by atoms with Crippen LogP contribution in [-0.4, -0.2) is 30.0 Å². The summed E-state index contributed by atoms with van der Waals surface area (Å²) >= 11 is 3.65. The van der Waals surface area contributed by atoms with Crippen molar-refractivity contribution in [1.82, 2.24) is 15.1 Å². The molecule has 1 aromatic rings. The van der Waals surface area contributed by atoms with Crippen molar-refractivity contribution in [2.24, 2.45) is 5.92 Å². The van der Waals surface area contributed by atoms with E-state index in [0.29, 0.717) is 12.6 Å². The predicted molar refractivity (Wildman–Crippen MR) is 80.2 cm³/mol. The monoisotopic (exact) mass is 329 g/mol. The highest BCUT2D eigenvalue weighted by Gasteiger charge is 2.26. The highest BCUT2D eigenvalue weighted by molar-refractivity contribution is 9.10. The van der Waals surface area contributed by atoms with E-state index in [2.05, 4.69) is 38.0 Å². The normalized spacial score (nSPS) is 17.4. The lowest BCUT2D eigenvalue weighted by molar-refractivity contribution is 0.180. The third kappa shape index (κ3) is 3.80. The molecule has 1 atom stereocenters. The van der Waals surface area contributed by atoms with E-state index in [1.165, 1.54) is 31.4 Å². The van der Waals surface area contributed by atoms with Crippen molar-refractivity contribution in [2.45, 2.75) is 45.2 Å². The van der Waals surface area contributed by atoms with E-state index >= 15 is 0 Å². The van der Waals surface area contributed by atoms with Crippen molar-refractivity contribution in [2.75, 3.05) is 20.3 Å². The minimum absolute atomic E-state index is 0.393. The summed E-state index contributed by atoms with van der Waals surface area (Å²) < 4.78 is 8.34. The van der Waals surface area contributed by atoms with Gasteiger partial charge in [-0.3, -0.25) is 4.68 Å². The number of ether oxygens (including phenoxy) is 1. The van der Waals surface area contributed by atoms with Crippen LogP contribution >= 0.6 is 15.9 Å². The molecule has 1 N–H and O–H groups in total. The smallest absolute Gasteiger partial charge is 0.0696 e. The first-order valence-electron chi connectivity index (χ1n) is 7.19. The molecule has 0 radical (unpaired) electrons. The van der Waals surface area contributed by atoms with E-state index in [0.717, 1.165) is 23.5 Å². The molecular formula is C14H24BrN3O. The van der Waals surface area contributed by atoms with Crippen molar-refractivity contribution in [3.8, 4) is 0 Å². The molecule has 2 rings (SSSR count). The Kier molecular flexibility index (Phi) is 5.85. The first-order valence-corrected chi connectivity index (χ1v) is 7.99. The van der Waals surface area contributed by atoms with Gasteiger partial charge in [0.15, 0.2) is 0 Å². The van der Waals surface area contributed by atoms with Gasteiger partial charge in [-0.1, -0.05) is 26.2 Å². The van der Waals surface area contributed by atoms with Crippen LogP contribution in [0.3, 0.4) is 0 Å². The van der Waals surface area contributed by atoms with Crippen LogP contribution in [0.1, 0.15) is 44.3 Å². The molecule has 4 nitrogen and oxygen atoms in total. The lowest BCUT2D eigenvalue weighted by atomic mass is 9.80. The van der Waals surface area contributed by atoms with Crippen molar-refractivity contribution in [3.63, 3.8) is 0 Å². The van der Waals surface area contributed by atoms with Gasteiger partial charge in [-0.2, -0.15) is 5.10 Å². The van der Waals surface area contributed by atoms with Crippen molar-refractivity contribution in [3.05, 3.63) is 16.4 Å². The number of nitrogens with one attached hydrogen (secondary N) is 1. The molecule has 0 saturated heterocycles. The fraction of sp³-hybridized carbons (Fsp3) is 0.786. The zero-order valence-electron chi connectivity index (χ0n) is 11.9. The molecule has 0 spiro atoms. The Morgan fingerprint density at radius 3 is 2.95 bits per heavy atom. The molecule has 1 fully saturated rings. The van der Waals surface area contributed by atoms with E-state index in [9.17, 15) is 0 Å². The quantitative estimate of drug-likeness (QED) is 0.796. The average molecular weight is 330 g/mol. The van der Waals surface area contributed by atoms with Gasteiger partial charge >= 0.3 is 0 Å². The summed E-state index contributed by atoms with van der Waals surface area (Å²) in [5, 5.41) is 8.07. The third-order valence-corrected chi connectivity index (χ3v) is 4.53. The molecule has 1 heterocycles. The molecule has 108 valence electrons. The summed E-state index contributed by atoms with van der Waals surface area (Å²) in [6.07, 6.45) is 7.27. The first kappa shape index (κ1) is 15.0. The molecule has 19 heavy (non-hydrogen) atoms. The van der Waals surface area contributed by atoms with Gasteiger partial charge in [0.05, 0.1) is 35.6 Å². The minimum Gasteiger partial charge on any atom is -0.383 e.